The third kappa shape index (κ3) is 5.53. The van der Waals surface area contributed by atoms with E-state index in [0.717, 1.165) is 20.7 Å². The first-order valence-corrected chi connectivity index (χ1v) is 15.2. The van der Waals surface area contributed by atoms with Gasteiger partial charge in [0.05, 0.1) is 27.9 Å². The molecule has 0 aliphatic heterocycles. The van der Waals surface area contributed by atoms with Crippen molar-refractivity contribution in [2.75, 3.05) is 18.2 Å². The average molecular weight is 564 g/mol. The van der Waals surface area contributed by atoms with Crippen molar-refractivity contribution >= 4 is 54.4 Å². The standard InChI is InChI=1S/C28H25N3O4S3/c1-30(18-20-7-4-3-5-8-20)38(33,34)24-13-10-21(11-14-24)27(32)31(19-22-9-6-16-35-22)28-29-25-15-12-23(36-2)17-26(25)37-28/h3-17H,18-19H2,1-2H3. The highest BCUT2D eigenvalue weighted by molar-refractivity contribution is 7.98. The zero-order valence-corrected chi connectivity index (χ0v) is 23.2. The summed E-state index contributed by atoms with van der Waals surface area (Å²) in [5, 5.41) is 0.541. The number of carbonyl (C=O) groups is 1. The van der Waals surface area contributed by atoms with Gasteiger partial charge in [0, 0.05) is 24.1 Å². The van der Waals surface area contributed by atoms with Crippen LogP contribution in [0, 0.1) is 0 Å². The van der Waals surface area contributed by atoms with Crippen LogP contribution in [0.5, 0.6) is 0 Å². The van der Waals surface area contributed by atoms with Crippen molar-refractivity contribution in [1.29, 1.82) is 0 Å². The number of nitrogens with zero attached hydrogens (tertiary/aromatic N) is 3. The number of rotatable bonds is 9. The van der Waals surface area contributed by atoms with Crippen LogP contribution >= 0.6 is 23.1 Å². The number of thioether (sulfide) groups is 1. The lowest BCUT2D eigenvalue weighted by atomic mass is 10.2. The predicted octanol–water partition coefficient (Wildman–Crippen LogP) is 6.28. The monoisotopic (exact) mass is 563 g/mol. The first-order chi connectivity index (χ1) is 18.3. The number of carbonyl (C=O) groups excluding carboxylic acids is 1. The van der Waals surface area contributed by atoms with Gasteiger partial charge in [-0.1, -0.05) is 41.7 Å². The number of amides is 1. The molecule has 0 spiro atoms. The van der Waals surface area contributed by atoms with E-state index in [1.807, 2.05) is 48.7 Å². The Morgan fingerprint density at radius 1 is 0.974 bits per heavy atom. The average Bonchev–Trinajstić information content (AvgIpc) is 3.61. The Hall–Kier alpha value is -3.44. The summed E-state index contributed by atoms with van der Waals surface area (Å²) in [6.45, 7) is 0.442. The van der Waals surface area contributed by atoms with Gasteiger partial charge in [0.15, 0.2) is 5.13 Å². The maximum absolute atomic E-state index is 13.7. The number of benzene rings is 3. The fourth-order valence-corrected chi connectivity index (χ4v) is 6.63. The van der Waals surface area contributed by atoms with Gasteiger partial charge in [0.25, 0.3) is 5.91 Å². The highest BCUT2D eigenvalue weighted by Gasteiger charge is 2.25. The fourth-order valence-electron chi connectivity index (χ4n) is 3.95. The largest absolute Gasteiger partial charge is 0.467 e. The maximum atomic E-state index is 13.7. The molecule has 3 aromatic carbocycles. The summed E-state index contributed by atoms with van der Waals surface area (Å²) < 4.78 is 34.1. The molecular weight excluding hydrogens is 539 g/mol. The van der Waals surface area contributed by atoms with Gasteiger partial charge < -0.3 is 4.42 Å². The van der Waals surface area contributed by atoms with Crippen LogP contribution in [-0.2, 0) is 23.1 Å². The van der Waals surface area contributed by atoms with E-state index in [-0.39, 0.29) is 23.9 Å². The third-order valence-electron chi connectivity index (χ3n) is 6.01. The molecule has 0 unspecified atom stereocenters. The Kier molecular flexibility index (Phi) is 7.66. The van der Waals surface area contributed by atoms with Gasteiger partial charge in [-0.3, -0.25) is 9.69 Å². The highest BCUT2D eigenvalue weighted by atomic mass is 32.2. The molecule has 1 amide bonds. The molecule has 0 fully saturated rings. The fraction of sp³-hybridized carbons (Fsp3) is 0.143. The molecule has 38 heavy (non-hydrogen) atoms. The van der Waals surface area contributed by atoms with E-state index in [4.69, 9.17) is 9.40 Å². The molecule has 5 rings (SSSR count). The highest BCUT2D eigenvalue weighted by Crippen LogP contribution is 2.33. The molecule has 5 aromatic rings. The second kappa shape index (κ2) is 11.1. The Morgan fingerprint density at radius 2 is 1.74 bits per heavy atom. The van der Waals surface area contributed by atoms with Crippen LogP contribution in [0.15, 0.2) is 105 Å². The van der Waals surface area contributed by atoms with Crippen LogP contribution < -0.4 is 4.90 Å². The van der Waals surface area contributed by atoms with E-state index in [0.29, 0.717) is 16.5 Å². The van der Waals surface area contributed by atoms with E-state index < -0.39 is 10.0 Å². The number of furan rings is 1. The van der Waals surface area contributed by atoms with Crippen molar-refractivity contribution in [3.63, 3.8) is 0 Å². The second-order valence-corrected chi connectivity index (χ2v) is 12.5. The van der Waals surface area contributed by atoms with Gasteiger partial charge in [-0.2, -0.15) is 4.31 Å². The van der Waals surface area contributed by atoms with Crippen LogP contribution in [0.2, 0.25) is 0 Å². The van der Waals surface area contributed by atoms with E-state index in [2.05, 4.69) is 6.07 Å². The molecule has 0 saturated carbocycles. The normalized spacial score (nSPS) is 11.8. The third-order valence-corrected chi connectivity index (χ3v) is 9.60. The SMILES string of the molecule is CSc1ccc2nc(N(Cc3ccco3)C(=O)c3ccc(S(=O)(=O)N(C)Cc4ccccc4)cc3)sc2c1. The van der Waals surface area contributed by atoms with Crippen molar-refractivity contribution in [3.8, 4) is 0 Å². The number of aromatic nitrogens is 1. The molecule has 2 aromatic heterocycles. The molecular formula is C28H25N3O4S3. The Morgan fingerprint density at radius 3 is 2.42 bits per heavy atom. The predicted molar refractivity (Wildman–Crippen MR) is 152 cm³/mol. The van der Waals surface area contributed by atoms with Crippen LogP contribution in [0.4, 0.5) is 5.13 Å². The molecule has 7 nitrogen and oxygen atoms in total. The van der Waals surface area contributed by atoms with Crippen LogP contribution in [0.3, 0.4) is 0 Å². The lowest BCUT2D eigenvalue weighted by Gasteiger charge is -2.20. The smallest absolute Gasteiger partial charge is 0.260 e. The number of fused-ring (bicyclic) bond motifs is 1. The molecule has 194 valence electrons. The van der Waals surface area contributed by atoms with Crippen molar-refractivity contribution in [2.45, 2.75) is 22.9 Å². The lowest BCUT2D eigenvalue weighted by Crippen LogP contribution is -2.30. The summed E-state index contributed by atoms with van der Waals surface area (Å²) in [5.41, 5.74) is 2.05. The molecule has 0 atom stereocenters. The van der Waals surface area contributed by atoms with Crippen molar-refractivity contribution < 1.29 is 17.6 Å². The minimum atomic E-state index is -3.74. The number of anilines is 1. The first kappa shape index (κ1) is 26.2. The summed E-state index contributed by atoms with van der Waals surface area (Å²) >= 11 is 3.07. The summed E-state index contributed by atoms with van der Waals surface area (Å²) in [7, 11) is -2.19. The molecule has 0 N–H and O–H groups in total. The molecule has 0 aliphatic rings. The minimum Gasteiger partial charge on any atom is -0.467 e. The molecule has 0 saturated heterocycles. The van der Waals surface area contributed by atoms with Gasteiger partial charge >= 0.3 is 0 Å². The molecule has 0 aliphatic carbocycles. The lowest BCUT2D eigenvalue weighted by molar-refractivity contribution is 0.0983. The van der Waals surface area contributed by atoms with Crippen LogP contribution in [-0.4, -0.2) is 36.9 Å². The van der Waals surface area contributed by atoms with E-state index in [9.17, 15) is 13.2 Å². The Labute approximate surface area is 229 Å². The van der Waals surface area contributed by atoms with Gasteiger partial charge in [0.1, 0.15) is 5.76 Å². The molecule has 10 heteroatoms. The number of sulfonamides is 1. The summed E-state index contributed by atoms with van der Waals surface area (Å²) in [6, 6.07) is 25.0. The van der Waals surface area contributed by atoms with Crippen molar-refractivity contribution in [3.05, 3.63) is 108 Å². The van der Waals surface area contributed by atoms with Gasteiger partial charge in [-0.25, -0.2) is 13.4 Å². The zero-order valence-electron chi connectivity index (χ0n) is 20.8. The van der Waals surface area contributed by atoms with Crippen LogP contribution in [0.1, 0.15) is 21.7 Å². The van der Waals surface area contributed by atoms with Gasteiger partial charge in [-0.15, -0.1) is 11.8 Å². The minimum absolute atomic E-state index is 0.120. The van der Waals surface area contributed by atoms with E-state index in [1.165, 1.54) is 27.8 Å². The number of hydrogen-bond acceptors (Lipinski definition) is 7. The molecule has 0 bridgehead atoms. The van der Waals surface area contributed by atoms with Crippen LogP contribution in [0.25, 0.3) is 10.2 Å². The topological polar surface area (TPSA) is 83.7 Å². The van der Waals surface area contributed by atoms with E-state index >= 15 is 0 Å². The van der Waals surface area contributed by atoms with Crippen molar-refractivity contribution in [1.82, 2.24) is 9.29 Å². The number of hydrogen-bond donors (Lipinski definition) is 0. The molecule has 2 heterocycles. The first-order valence-electron chi connectivity index (χ1n) is 11.7. The maximum Gasteiger partial charge on any atom is 0.260 e. The quantitative estimate of drug-likeness (QED) is 0.196. The Bertz CT molecular complexity index is 1650. The second-order valence-electron chi connectivity index (χ2n) is 8.57. The summed E-state index contributed by atoms with van der Waals surface area (Å²) in [6.07, 6.45) is 3.58. The van der Waals surface area contributed by atoms with E-state index in [1.54, 1.807) is 54.2 Å². The number of thiazole rings is 1. The van der Waals surface area contributed by atoms with Gasteiger partial charge in [0.2, 0.25) is 10.0 Å². The Balaban J connectivity index is 1.42. The summed E-state index contributed by atoms with van der Waals surface area (Å²) in [4.78, 5) is 21.2. The van der Waals surface area contributed by atoms with Crippen molar-refractivity contribution in [2.24, 2.45) is 0 Å². The summed E-state index contributed by atoms with van der Waals surface area (Å²) in [5.74, 6) is 0.316. The zero-order chi connectivity index (χ0) is 26.7. The van der Waals surface area contributed by atoms with Gasteiger partial charge in [-0.05, 0) is 66.4 Å². The molecule has 0 radical (unpaired) electrons.